The lowest BCUT2D eigenvalue weighted by molar-refractivity contribution is 0.385. The number of hydrogen-bond donors (Lipinski definition) is 2. The number of pyridine rings is 1. The van der Waals surface area contributed by atoms with E-state index in [-0.39, 0.29) is 11.8 Å². The third-order valence-electron chi connectivity index (χ3n) is 5.67. The normalized spacial score (nSPS) is 13.9. The molecule has 0 bridgehead atoms. The molecular weight excluding hydrogens is 405 g/mol. The Morgan fingerprint density at radius 2 is 1.88 bits per heavy atom. The van der Waals surface area contributed by atoms with Gasteiger partial charge in [-0.15, -0.1) is 5.10 Å². The molecule has 4 N–H and O–H groups in total. The third kappa shape index (κ3) is 5.07. The van der Waals surface area contributed by atoms with Crippen LogP contribution in [0.1, 0.15) is 50.3 Å². The maximum Gasteiger partial charge on any atom is 0.238 e. The van der Waals surface area contributed by atoms with Crippen molar-refractivity contribution in [3.8, 4) is 11.1 Å². The van der Waals surface area contributed by atoms with Crippen molar-refractivity contribution in [1.82, 2.24) is 24.2 Å². The number of halogens is 1. The maximum atomic E-state index is 14.5. The highest BCUT2D eigenvalue weighted by atomic mass is 19.1. The predicted molar refractivity (Wildman–Crippen MR) is 128 cm³/mol. The topological polar surface area (TPSA) is 99.5 Å². The Labute approximate surface area is 187 Å². The second kappa shape index (κ2) is 10.3. The van der Waals surface area contributed by atoms with Crippen LogP contribution >= 0.6 is 0 Å². The van der Waals surface area contributed by atoms with E-state index in [0.717, 1.165) is 22.6 Å². The smallest absolute Gasteiger partial charge is 0.238 e. The molecule has 1 aliphatic rings. The van der Waals surface area contributed by atoms with Crippen molar-refractivity contribution < 1.29 is 4.39 Å². The molecule has 32 heavy (non-hydrogen) atoms. The van der Waals surface area contributed by atoms with Crippen LogP contribution in [-0.4, -0.2) is 24.2 Å². The molecule has 0 radical (unpaired) electrons. The number of nitrogens with zero attached hydrogens (tertiary/aromatic N) is 5. The van der Waals surface area contributed by atoms with Gasteiger partial charge in [-0.25, -0.2) is 18.4 Å². The van der Waals surface area contributed by atoms with Crippen LogP contribution in [0.15, 0.2) is 43.5 Å². The Bertz CT molecular complexity index is 1200. The van der Waals surface area contributed by atoms with E-state index in [1.54, 1.807) is 17.6 Å². The Hall–Kier alpha value is -3.42. The van der Waals surface area contributed by atoms with Gasteiger partial charge in [-0.2, -0.15) is 5.10 Å². The van der Waals surface area contributed by atoms with Crippen molar-refractivity contribution in [2.45, 2.75) is 52.9 Å². The minimum atomic E-state index is -0.357. The first-order valence-electron chi connectivity index (χ1n) is 10.9. The second-order valence-corrected chi connectivity index (χ2v) is 8.25. The molecule has 1 saturated carbocycles. The minimum Gasteiger partial charge on any atom is -0.405 e. The first kappa shape index (κ1) is 23.2. The molecule has 1 aliphatic carbocycles. The molecule has 0 aliphatic heterocycles. The Morgan fingerprint density at radius 3 is 2.50 bits per heavy atom. The molecule has 170 valence electrons. The zero-order chi connectivity index (χ0) is 23.3. The third-order valence-corrected chi connectivity index (χ3v) is 5.67. The predicted octanol–water partition coefficient (Wildman–Crippen LogP) is 5.06. The van der Waals surface area contributed by atoms with E-state index in [1.807, 2.05) is 25.3 Å². The van der Waals surface area contributed by atoms with E-state index in [2.05, 4.69) is 34.4 Å². The van der Waals surface area contributed by atoms with Gasteiger partial charge in [0.2, 0.25) is 5.95 Å². The lowest BCUT2D eigenvalue weighted by Gasteiger charge is -2.15. The van der Waals surface area contributed by atoms with Crippen LogP contribution < -0.4 is 11.5 Å². The number of aryl methyl sites for hydroxylation is 2. The van der Waals surface area contributed by atoms with E-state index < -0.39 is 0 Å². The van der Waals surface area contributed by atoms with Crippen LogP contribution in [-0.2, 0) is 0 Å². The van der Waals surface area contributed by atoms with Crippen molar-refractivity contribution in [2.75, 3.05) is 5.73 Å². The Balaban J connectivity index is 0.000000242. The quantitative estimate of drug-likeness (QED) is 0.434. The summed E-state index contributed by atoms with van der Waals surface area (Å²) in [5, 5.41) is 8.27. The average Bonchev–Trinajstić information content (AvgIpc) is 3.28. The monoisotopic (exact) mass is 437 g/mol. The van der Waals surface area contributed by atoms with Crippen molar-refractivity contribution in [2.24, 2.45) is 11.7 Å². The number of nitrogens with two attached hydrogens (primary N) is 2. The molecule has 0 unspecified atom stereocenters. The van der Waals surface area contributed by atoms with Crippen molar-refractivity contribution in [3.05, 3.63) is 60.6 Å². The van der Waals surface area contributed by atoms with Crippen molar-refractivity contribution in [3.63, 3.8) is 0 Å². The van der Waals surface area contributed by atoms with Crippen LogP contribution in [0.5, 0.6) is 0 Å². The van der Waals surface area contributed by atoms with Gasteiger partial charge in [0.15, 0.2) is 5.82 Å². The second-order valence-electron chi connectivity index (χ2n) is 8.25. The van der Waals surface area contributed by atoms with E-state index in [1.165, 1.54) is 49.0 Å². The van der Waals surface area contributed by atoms with Crippen LogP contribution in [0, 0.1) is 25.6 Å². The average molecular weight is 438 g/mol. The summed E-state index contributed by atoms with van der Waals surface area (Å²) in [6.07, 6.45) is 13.6. The summed E-state index contributed by atoms with van der Waals surface area (Å²) in [6.45, 7) is 9.26. The maximum absolute atomic E-state index is 14.5. The van der Waals surface area contributed by atoms with E-state index >= 15 is 0 Å². The Morgan fingerprint density at radius 1 is 1.19 bits per heavy atom. The van der Waals surface area contributed by atoms with Gasteiger partial charge >= 0.3 is 0 Å². The highest BCUT2D eigenvalue weighted by molar-refractivity contribution is 5.84. The molecule has 0 atom stereocenters. The molecule has 0 saturated heterocycles. The molecule has 8 heteroatoms. The summed E-state index contributed by atoms with van der Waals surface area (Å²) in [6, 6.07) is 3.74. The molecular formula is C24H32FN7. The van der Waals surface area contributed by atoms with Gasteiger partial charge in [-0.05, 0) is 49.2 Å². The zero-order valence-electron chi connectivity index (χ0n) is 19.1. The molecule has 5 rings (SSSR count). The van der Waals surface area contributed by atoms with Gasteiger partial charge in [0.25, 0.3) is 0 Å². The highest BCUT2D eigenvalue weighted by Gasteiger charge is 2.17. The number of anilines is 1. The summed E-state index contributed by atoms with van der Waals surface area (Å²) < 4.78 is 17.7. The van der Waals surface area contributed by atoms with Crippen LogP contribution in [0.4, 0.5) is 10.3 Å². The zero-order valence-corrected chi connectivity index (χ0v) is 19.1. The van der Waals surface area contributed by atoms with Gasteiger partial charge in [0, 0.05) is 11.8 Å². The number of fused-ring (bicyclic) bond motifs is 2. The SMILES string of the molecule is C=CN.CC1CCCCC1.Cc1cnn2ccc(-c3c(F)cn4nc(N)nc(C)c34)cc12. The summed E-state index contributed by atoms with van der Waals surface area (Å²) in [4.78, 5) is 4.13. The van der Waals surface area contributed by atoms with E-state index in [0.29, 0.717) is 16.8 Å². The summed E-state index contributed by atoms with van der Waals surface area (Å²) in [5.41, 5.74) is 14.7. The molecule has 0 spiro atoms. The van der Waals surface area contributed by atoms with Gasteiger partial charge < -0.3 is 11.5 Å². The summed E-state index contributed by atoms with van der Waals surface area (Å²) in [5.74, 6) is 0.798. The first-order chi connectivity index (χ1) is 15.3. The minimum absolute atomic E-state index is 0.119. The first-order valence-corrected chi connectivity index (χ1v) is 10.9. The summed E-state index contributed by atoms with van der Waals surface area (Å²) >= 11 is 0. The van der Waals surface area contributed by atoms with Crippen LogP contribution in [0.3, 0.4) is 0 Å². The molecule has 4 heterocycles. The fourth-order valence-electron chi connectivity index (χ4n) is 4.09. The van der Waals surface area contributed by atoms with Crippen molar-refractivity contribution in [1.29, 1.82) is 0 Å². The molecule has 4 aromatic heterocycles. The fraction of sp³-hybridized carbons (Fsp3) is 0.375. The van der Waals surface area contributed by atoms with Crippen molar-refractivity contribution >= 4 is 17.0 Å². The van der Waals surface area contributed by atoms with E-state index in [9.17, 15) is 4.39 Å². The van der Waals surface area contributed by atoms with Crippen LogP contribution in [0.2, 0.25) is 0 Å². The standard InChI is InChI=1S/C15H13FN6.C7H14.C2H5N/c1-8-6-18-21-4-3-10(5-12(8)21)13-11(16)7-22-14(13)9(2)19-15(17)20-22;1-7-5-3-2-4-6-7;1-2-3/h3-7H,1-2H3,(H2,17,20);7H,2-6H2,1H3;2H,1,3H2. The molecule has 0 aromatic carbocycles. The number of nitrogen functional groups attached to an aromatic ring is 1. The Kier molecular flexibility index (Phi) is 7.45. The molecule has 1 fully saturated rings. The lowest BCUT2D eigenvalue weighted by Crippen LogP contribution is -2.03. The molecule has 0 amide bonds. The van der Waals surface area contributed by atoms with Gasteiger partial charge in [-0.3, -0.25) is 0 Å². The largest absolute Gasteiger partial charge is 0.405 e. The number of rotatable bonds is 1. The van der Waals surface area contributed by atoms with Gasteiger partial charge in [-0.1, -0.05) is 45.6 Å². The highest BCUT2D eigenvalue weighted by Crippen LogP contribution is 2.31. The van der Waals surface area contributed by atoms with Gasteiger partial charge in [0.1, 0.15) is 0 Å². The van der Waals surface area contributed by atoms with E-state index in [4.69, 9.17) is 5.73 Å². The molecule has 7 nitrogen and oxygen atoms in total. The fourth-order valence-corrected chi connectivity index (χ4v) is 4.09. The number of hydrogen-bond acceptors (Lipinski definition) is 5. The van der Waals surface area contributed by atoms with Crippen LogP contribution in [0.25, 0.3) is 22.2 Å². The van der Waals surface area contributed by atoms with Gasteiger partial charge in [0.05, 0.1) is 29.1 Å². The number of aromatic nitrogens is 5. The summed E-state index contributed by atoms with van der Waals surface area (Å²) in [7, 11) is 0. The lowest BCUT2D eigenvalue weighted by atomic mass is 9.91. The molecule has 4 aromatic rings.